The van der Waals surface area contributed by atoms with Crippen molar-refractivity contribution in [3.63, 3.8) is 0 Å². The second-order valence-corrected chi connectivity index (χ2v) is 5.96. The zero-order chi connectivity index (χ0) is 15.5. The minimum absolute atomic E-state index is 0.189. The van der Waals surface area contributed by atoms with E-state index in [0.29, 0.717) is 12.3 Å². The van der Waals surface area contributed by atoms with Crippen molar-refractivity contribution in [2.45, 2.75) is 26.2 Å². The van der Waals surface area contributed by atoms with E-state index < -0.39 is 0 Å². The third-order valence-electron chi connectivity index (χ3n) is 4.37. The number of benzene rings is 1. The monoisotopic (exact) mass is 298 g/mol. The van der Waals surface area contributed by atoms with E-state index in [-0.39, 0.29) is 11.8 Å². The van der Waals surface area contributed by atoms with E-state index in [1.807, 2.05) is 24.3 Å². The Morgan fingerprint density at radius 2 is 2.09 bits per heavy atom. The molecule has 2 N–H and O–H groups in total. The number of carbonyl (C=O) groups is 1. The van der Waals surface area contributed by atoms with Gasteiger partial charge in [-0.25, -0.2) is 0 Å². The van der Waals surface area contributed by atoms with E-state index in [9.17, 15) is 4.79 Å². The molecule has 1 aromatic rings. The van der Waals surface area contributed by atoms with Crippen LogP contribution in [0.2, 0.25) is 0 Å². The Kier molecular flexibility index (Phi) is 4.29. The summed E-state index contributed by atoms with van der Waals surface area (Å²) in [7, 11) is 0. The fraction of sp³-hybridized carbons (Fsp3) is 0.389. The van der Waals surface area contributed by atoms with Crippen molar-refractivity contribution < 1.29 is 9.53 Å². The van der Waals surface area contributed by atoms with Crippen LogP contribution in [-0.2, 0) is 9.53 Å². The molecule has 1 amide bonds. The predicted molar refractivity (Wildman–Crippen MR) is 87.1 cm³/mol. The zero-order valence-corrected chi connectivity index (χ0v) is 12.9. The first-order chi connectivity index (χ1) is 10.7. The van der Waals surface area contributed by atoms with Crippen molar-refractivity contribution >= 4 is 11.6 Å². The summed E-state index contributed by atoms with van der Waals surface area (Å²) in [6.07, 6.45) is 4.89. The second kappa shape index (κ2) is 6.36. The maximum Gasteiger partial charge on any atom is 0.244 e. The lowest BCUT2D eigenvalue weighted by Gasteiger charge is -2.34. The SMILES string of the molecule is CC1CC2=C(C=C1C(N)=O)N(c1ccccc1)COCCC2. The highest BCUT2D eigenvalue weighted by Gasteiger charge is 2.27. The first kappa shape index (κ1) is 14.9. The number of amides is 1. The molecule has 1 unspecified atom stereocenters. The maximum absolute atomic E-state index is 11.7. The summed E-state index contributed by atoms with van der Waals surface area (Å²) in [5.41, 5.74) is 9.81. The van der Waals surface area contributed by atoms with Crippen molar-refractivity contribution in [1.82, 2.24) is 0 Å². The van der Waals surface area contributed by atoms with Gasteiger partial charge in [0.15, 0.2) is 0 Å². The summed E-state index contributed by atoms with van der Waals surface area (Å²) in [5.74, 6) is -0.135. The standard InChI is InChI=1S/C18H22N2O2/c1-13-10-14-6-5-9-22-12-20(15-7-3-2-4-8-15)17(14)11-16(13)18(19)21/h2-4,7-8,11,13H,5-6,9-10,12H2,1H3,(H2,19,21). The van der Waals surface area contributed by atoms with E-state index >= 15 is 0 Å². The highest BCUT2D eigenvalue weighted by atomic mass is 16.5. The van der Waals surface area contributed by atoms with Crippen LogP contribution in [0.5, 0.6) is 0 Å². The number of primary amides is 1. The summed E-state index contributed by atoms with van der Waals surface area (Å²) < 4.78 is 5.76. The van der Waals surface area contributed by atoms with Gasteiger partial charge in [0, 0.05) is 23.6 Å². The number of hydrogen-bond acceptors (Lipinski definition) is 3. The molecule has 0 spiro atoms. The molecule has 1 aliphatic heterocycles. The fourth-order valence-electron chi connectivity index (χ4n) is 3.22. The van der Waals surface area contributed by atoms with Crippen LogP contribution in [-0.4, -0.2) is 19.2 Å². The maximum atomic E-state index is 11.7. The number of nitrogens with zero attached hydrogens (tertiary/aromatic N) is 1. The minimum Gasteiger partial charge on any atom is -0.366 e. The molecule has 4 heteroatoms. The number of carbonyl (C=O) groups excluding carboxylic acids is 1. The van der Waals surface area contributed by atoms with Gasteiger partial charge in [-0.3, -0.25) is 4.79 Å². The van der Waals surface area contributed by atoms with Gasteiger partial charge >= 0.3 is 0 Å². The van der Waals surface area contributed by atoms with Crippen molar-refractivity contribution in [3.8, 4) is 0 Å². The molecule has 0 fully saturated rings. The quantitative estimate of drug-likeness (QED) is 0.913. The largest absolute Gasteiger partial charge is 0.366 e. The van der Waals surface area contributed by atoms with Gasteiger partial charge in [-0.05, 0) is 49.0 Å². The Morgan fingerprint density at radius 1 is 1.32 bits per heavy atom. The number of nitrogens with two attached hydrogens (primary N) is 1. The third kappa shape index (κ3) is 2.92. The van der Waals surface area contributed by atoms with Gasteiger partial charge in [0.2, 0.25) is 5.91 Å². The summed E-state index contributed by atoms with van der Waals surface area (Å²) in [5, 5.41) is 0. The van der Waals surface area contributed by atoms with Gasteiger partial charge in [-0.2, -0.15) is 0 Å². The molecule has 4 nitrogen and oxygen atoms in total. The Labute approximate surface area is 131 Å². The van der Waals surface area contributed by atoms with E-state index in [1.54, 1.807) is 0 Å². The number of anilines is 1. The van der Waals surface area contributed by atoms with Crippen LogP contribution in [0.1, 0.15) is 26.2 Å². The molecule has 0 aromatic heterocycles. The topological polar surface area (TPSA) is 55.6 Å². The van der Waals surface area contributed by atoms with Gasteiger partial charge in [0.25, 0.3) is 0 Å². The lowest BCUT2D eigenvalue weighted by molar-refractivity contribution is -0.115. The number of rotatable bonds is 2. The average Bonchev–Trinajstić information content (AvgIpc) is 2.49. The fourth-order valence-corrected chi connectivity index (χ4v) is 3.22. The highest BCUT2D eigenvalue weighted by Crippen LogP contribution is 2.36. The Hall–Kier alpha value is -2.07. The molecule has 1 aromatic carbocycles. The molecular weight excluding hydrogens is 276 g/mol. The summed E-state index contributed by atoms with van der Waals surface area (Å²) >= 11 is 0. The minimum atomic E-state index is -0.324. The molecule has 1 atom stereocenters. The molecule has 116 valence electrons. The Balaban J connectivity index is 2.06. The second-order valence-electron chi connectivity index (χ2n) is 5.96. The van der Waals surface area contributed by atoms with Crippen LogP contribution in [0.4, 0.5) is 5.69 Å². The number of ether oxygens (including phenoxy) is 1. The number of hydrogen-bond donors (Lipinski definition) is 1. The van der Waals surface area contributed by atoms with Gasteiger partial charge in [-0.1, -0.05) is 25.1 Å². The number of para-hydroxylation sites is 1. The summed E-state index contributed by atoms with van der Waals surface area (Å²) in [6, 6.07) is 10.1. The molecular formula is C18H22N2O2. The molecule has 1 heterocycles. The van der Waals surface area contributed by atoms with E-state index in [2.05, 4.69) is 24.0 Å². The van der Waals surface area contributed by atoms with Crippen LogP contribution >= 0.6 is 0 Å². The molecule has 0 saturated heterocycles. The van der Waals surface area contributed by atoms with Crippen molar-refractivity contribution in [3.05, 3.63) is 53.3 Å². The van der Waals surface area contributed by atoms with Crippen molar-refractivity contribution in [1.29, 1.82) is 0 Å². The van der Waals surface area contributed by atoms with Crippen LogP contribution in [0.15, 0.2) is 53.3 Å². The predicted octanol–water partition coefficient (Wildman–Crippen LogP) is 2.97. The smallest absolute Gasteiger partial charge is 0.244 e. The average molecular weight is 298 g/mol. The first-order valence-corrected chi connectivity index (χ1v) is 7.80. The van der Waals surface area contributed by atoms with Crippen LogP contribution < -0.4 is 10.6 Å². The molecule has 0 saturated carbocycles. The van der Waals surface area contributed by atoms with Crippen molar-refractivity contribution in [2.75, 3.05) is 18.2 Å². The van der Waals surface area contributed by atoms with Gasteiger partial charge in [0.05, 0.1) is 0 Å². The Bertz CT molecular complexity index is 619. The van der Waals surface area contributed by atoms with Crippen LogP contribution in [0.3, 0.4) is 0 Å². The van der Waals surface area contributed by atoms with E-state index in [1.165, 1.54) is 5.57 Å². The van der Waals surface area contributed by atoms with Crippen molar-refractivity contribution in [2.24, 2.45) is 11.7 Å². The number of allylic oxidation sites excluding steroid dienone is 2. The van der Waals surface area contributed by atoms with Gasteiger partial charge < -0.3 is 15.4 Å². The molecule has 2 aliphatic rings. The lowest BCUT2D eigenvalue weighted by Crippen LogP contribution is -2.32. The molecule has 3 rings (SSSR count). The molecule has 0 radical (unpaired) electrons. The summed E-state index contributed by atoms with van der Waals surface area (Å²) in [4.78, 5) is 13.9. The van der Waals surface area contributed by atoms with E-state index in [0.717, 1.165) is 37.3 Å². The van der Waals surface area contributed by atoms with Crippen LogP contribution in [0.25, 0.3) is 0 Å². The summed E-state index contributed by atoms with van der Waals surface area (Å²) in [6.45, 7) is 3.34. The molecule has 22 heavy (non-hydrogen) atoms. The Morgan fingerprint density at radius 3 is 2.82 bits per heavy atom. The molecule has 0 bridgehead atoms. The molecule has 1 aliphatic carbocycles. The third-order valence-corrected chi connectivity index (χ3v) is 4.37. The van der Waals surface area contributed by atoms with Crippen LogP contribution in [0, 0.1) is 5.92 Å². The normalized spacial score (nSPS) is 22.5. The first-order valence-electron chi connectivity index (χ1n) is 7.80. The van der Waals surface area contributed by atoms with E-state index in [4.69, 9.17) is 10.5 Å². The van der Waals surface area contributed by atoms with Gasteiger partial charge in [-0.15, -0.1) is 0 Å². The lowest BCUT2D eigenvalue weighted by atomic mass is 9.84. The zero-order valence-electron chi connectivity index (χ0n) is 12.9. The highest BCUT2D eigenvalue weighted by molar-refractivity contribution is 5.93. The van der Waals surface area contributed by atoms with Gasteiger partial charge in [0.1, 0.15) is 6.73 Å².